The van der Waals surface area contributed by atoms with Crippen LogP contribution in [0.1, 0.15) is 13.3 Å². The van der Waals surface area contributed by atoms with Gasteiger partial charge in [-0.2, -0.15) is 0 Å². The van der Waals surface area contributed by atoms with Crippen molar-refractivity contribution in [3.05, 3.63) is 24.4 Å². The lowest BCUT2D eigenvalue weighted by Crippen LogP contribution is -2.30. The summed E-state index contributed by atoms with van der Waals surface area (Å²) in [5, 5.41) is 2.67. The van der Waals surface area contributed by atoms with Gasteiger partial charge in [0, 0.05) is 31.3 Å². The van der Waals surface area contributed by atoms with Crippen molar-refractivity contribution < 1.29 is 9.59 Å². The summed E-state index contributed by atoms with van der Waals surface area (Å²) in [7, 11) is 0. The molecule has 0 aliphatic carbocycles. The van der Waals surface area contributed by atoms with Crippen LogP contribution in [0.15, 0.2) is 24.4 Å². The Balaban J connectivity index is 2.35. The Morgan fingerprint density at radius 1 is 1.57 bits per heavy atom. The molecule has 0 spiro atoms. The van der Waals surface area contributed by atoms with E-state index in [4.69, 9.17) is 0 Å². The third-order valence-electron chi connectivity index (χ3n) is 1.97. The van der Waals surface area contributed by atoms with Crippen LogP contribution in [-0.2, 0) is 9.59 Å². The quantitative estimate of drug-likeness (QED) is 0.705. The van der Waals surface area contributed by atoms with E-state index in [1.54, 1.807) is 6.08 Å². The van der Waals surface area contributed by atoms with Gasteiger partial charge < -0.3 is 10.2 Å². The van der Waals surface area contributed by atoms with Crippen molar-refractivity contribution in [2.75, 3.05) is 13.1 Å². The van der Waals surface area contributed by atoms with Gasteiger partial charge in [-0.1, -0.05) is 6.58 Å². The summed E-state index contributed by atoms with van der Waals surface area (Å²) in [6.07, 6.45) is 3.43. The van der Waals surface area contributed by atoms with E-state index in [1.807, 2.05) is 6.92 Å². The van der Waals surface area contributed by atoms with Crippen molar-refractivity contribution >= 4 is 11.8 Å². The fourth-order valence-electron chi connectivity index (χ4n) is 1.24. The first kappa shape index (κ1) is 10.5. The van der Waals surface area contributed by atoms with E-state index in [9.17, 15) is 9.59 Å². The minimum absolute atomic E-state index is 0.0417. The Labute approximate surface area is 83.3 Å². The Hall–Kier alpha value is -1.58. The number of allylic oxidation sites excluding steroid dienone is 1. The van der Waals surface area contributed by atoms with Gasteiger partial charge in [0.05, 0.1) is 0 Å². The SMILES string of the molecule is C=C1C=CC(=O)N1CCC(=O)NCC. The summed E-state index contributed by atoms with van der Waals surface area (Å²) in [4.78, 5) is 23.8. The molecule has 1 rings (SSSR count). The topological polar surface area (TPSA) is 49.4 Å². The van der Waals surface area contributed by atoms with Crippen LogP contribution >= 0.6 is 0 Å². The molecule has 2 amide bonds. The summed E-state index contributed by atoms with van der Waals surface area (Å²) in [5.41, 5.74) is 0.652. The monoisotopic (exact) mass is 194 g/mol. The number of amides is 2. The summed E-state index contributed by atoms with van der Waals surface area (Å²) >= 11 is 0. The molecule has 0 aromatic carbocycles. The third kappa shape index (κ3) is 2.45. The molecular weight excluding hydrogens is 180 g/mol. The lowest BCUT2D eigenvalue weighted by Gasteiger charge is -2.16. The van der Waals surface area contributed by atoms with E-state index in [0.29, 0.717) is 25.2 Å². The van der Waals surface area contributed by atoms with Gasteiger partial charge in [0.25, 0.3) is 5.91 Å². The predicted octanol–water partition coefficient (Wildman–Crippen LogP) is 0.425. The van der Waals surface area contributed by atoms with E-state index in [1.165, 1.54) is 11.0 Å². The van der Waals surface area contributed by atoms with Crippen molar-refractivity contribution in [2.24, 2.45) is 0 Å². The molecule has 4 nitrogen and oxygen atoms in total. The van der Waals surface area contributed by atoms with Crippen LogP contribution in [0, 0.1) is 0 Å². The molecule has 0 saturated carbocycles. The first-order valence-corrected chi connectivity index (χ1v) is 4.60. The Kier molecular flexibility index (Phi) is 3.45. The van der Waals surface area contributed by atoms with Crippen molar-refractivity contribution in [3.63, 3.8) is 0 Å². The number of hydrogen-bond donors (Lipinski definition) is 1. The summed E-state index contributed by atoms with van der Waals surface area (Å²) < 4.78 is 0. The first-order valence-electron chi connectivity index (χ1n) is 4.60. The average molecular weight is 194 g/mol. The standard InChI is InChI=1S/C10H14N2O2/c1-3-11-9(13)6-7-12-8(2)4-5-10(12)14/h4-5H,2-3,6-7H2,1H3,(H,11,13). The van der Waals surface area contributed by atoms with Crippen molar-refractivity contribution in [2.45, 2.75) is 13.3 Å². The number of nitrogens with zero attached hydrogens (tertiary/aromatic N) is 1. The molecule has 1 aliphatic rings. The molecule has 0 bridgehead atoms. The molecule has 0 aromatic heterocycles. The average Bonchev–Trinajstić information content (AvgIpc) is 2.44. The van der Waals surface area contributed by atoms with Crippen LogP contribution in [0.4, 0.5) is 0 Å². The number of nitrogens with one attached hydrogen (secondary N) is 1. The number of carbonyl (C=O) groups excluding carboxylic acids is 2. The second-order valence-corrected chi connectivity index (χ2v) is 3.02. The molecule has 0 radical (unpaired) electrons. The molecule has 4 heteroatoms. The first-order chi connectivity index (χ1) is 6.65. The van der Waals surface area contributed by atoms with Gasteiger partial charge in [-0.15, -0.1) is 0 Å². The molecule has 1 N–H and O–H groups in total. The number of hydrogen-bond acceptors (Lipinski definition) is 2. The van der Waals surface area contributed by atoms with E-state index in [-0.39, 0.29) is 11.8 Å². The molecule has 0 fully saturated rings. The lowest BCUT2D eigenvalue weighted by atomic mass is 10.3. The van der Waals surface area contributed by atoms with Crippen LogP contribution in [0.25, 0.3) is 0 Å². The molecule has 0 saturated heterocycles. The van der Waals surface area contributed by atoms with Crippen molar-refractivity contribution in [1.29, 1.82) is 0 Å². The third-order valence-corrected chi connectivity index (χ3v) is 1.97. The zero-order chi connectivity index (χ0) is 10.6. The Bertz CT molecular complexity index is 276. The zero-order valence-electron chi connectivity index (χ0n) is 8.25. The van der Waals surface area contributed by atoms with Gasteiger partial charge in [-0.05, 0) is 13.0 Å². The van der Waals surface area contributed by atoms with Crippen LogP contribution < -0.4 is 5.32 Å². The second-order valence-electron chi connectivity index (χ2n) is 3.02. The zero-order valence-corrected chi connectivity index (χ0v) is 8.25. The molecule has 1 aliphatic heterocycles. The largest absolute Gasteiger partial charge is 0.356 e. The summed E-state index contributed by atoms with van der Waals surface area (Å²) in [5.74, 6) is -0.140. The minimum Gasteiger partial charge on any atom is -0.356 e. The molecule has 0 aromatic rings. The molecular formula is C10H14N2O2. The van der Waals surface area contributed by atoms with Crippen molar-refractivity contribution in [3.8, 4) is 0 Å². The predicted molar refractivity (Wildman–Crippen MR) is 53.3 cm³/mol. The number of rotatable bonds is 4. The highest BCUT2D eigenvalue weighted by Gasteiger charge is 2.18. The molecule has 1 heterocycles. The molecule has 0 unspecified atom stereocenters. The molecule has 0 atom stereocenters. The Morgan fingerprint density at radius 2 is 2.29 bits per heavy atom. The van der Waals surface area contributed by atoms with Crippen LogP contribution in [-0.4, -0.2) is 29.8 Å². The molecule has 76 valence electrons. The highest BCUT2D eigenvalue weighted by molar-refractivity contribution is 5.93. The lowest BCUT2D eigenvalue weighted by molar-refractivity contribution is -0.124. The van der Waals surface area contributed by atoms with Gasteiger partial charge in [-0.25, -0.2) is 0 Å². The van der Waals surface area contributed by atoms with Gasteiger partial charge in [0.2, 0.25) is 5.91 Å². The fraction of sp³-hybridized carbons (Fsp3) is 0.400. The van der Waals surface area contributed by atoms with Crippen LogP contribution in [0.2, 0.25) is 0 Å². The van der Waals surface area contributed by atoms with Crippen LogP contribution in [0.5, 0.6) is 0 Å². The minimum atomic E-state index is -0.0979. The van der Waals surface area contributed by atoms with Gasteiger partial charge >= 0.3 is 0 Å². The smallest absolute Gasteiger partial charge is 0.251 e. The molecule has 14 heavy (non-hydrogen) atoms. The van der Waals surface area contributed by atoms with Gasteiger partial charge in [0.15, 0.2) is 0 Å². The maximum atomic E-state index is 11.2. The normalized spacial score (nSPS) is 15.1. The highest BCUT2D eigenvalue weighted by atomic mass is 16.2. The second kappa shape index (κ2) is 4.60. The summed E-state index contributed by atoms with van der Waals surface area (Å²) in [6.45, 7) is 6.57. The van der Waals surface area contributed by atoms with E-state index >= 15 is 0 Å². The number of carbonyl (C=O) groups is 2. The van der Waals surface area contributed by atoms with Gasteiger partial charge in [-0.3, -0.25) is 9.59 Å². The van der Waals surface area contributed by atoms with Crippen LogP contribution in [0.3, 0.4) is 0 Å². The van der Waals surface area contributed by atoms with E-state index in [2.05, 4.69) is 11.9 Å². The van der Waals surface area contributed by atoms with Gasteiger partial charge in [0.1, 0.15) is 0 Å². The maximum Gasteiger partial charge on any atom is 0.251 e. The fourth-order valence-corrected chi connectivity index (χ4v) is 1.24. The summed E-state index contributed by atoms with van der Waals surface area (Å²) in [6, 6.07) is 0. The van der Waals surface area contributed by atoms with E-state index < -0.39 is 0 Å². The maximum absolute atomic E-state index is 11.2. The Morgan fingerprint density at radius 3 is 2.79 bits per heavy atom. The van der Waals surface area contributed by atoms with Crippen molar-refractivity contribution in [1.82, 2.24) is 10.2 Å². The highest BCUT2D eigenvalue weighted by Crippen LogP contribution is 2.12. The van der Waals surface area contributed by atoms with E-state index in [0.717, 1.165) is 0 Å².